The molecule has 1 aliphatic carbocycles. The molecule has 2 atom stereocenters. The molecule has 1 amide bonds. The van der Waals surface area contributed by atoms with Gasteiger partial charge >= 0.3 is 0 Å². The Balaban J connectivity index is 1.25. The number of aromatic nitrogens is 1. The average Bonchev–Trinajstić information content (AvgIpc) is 3.59. The van der Waals surface area contributed by atoms with Crippen molar-refractivity contribution in [3.63, 3.8) is 0 Å². The molecular formula is C25H34ClN5O2S. The number of aromatic amines is 1. The number of carbonyl (C=O) groups is 1. The van der Waals surface area contributed by atoms with Crippen LogP contribution in [0.5, 0.6) is 0 Å². The number of amides is 1. The molecule has 1 saturated heterocycles. The number of nitrogens with zero attached hydrogens (tertiary/aromatic N) is 2. The van der Waals surface area contributed by atoms with Crippen molar-refractivity contribution in [2.24, 2.45) is 4.99 Å². The van der Waals surface area contributed by atoms with E-state index in [0.717, 1.165) is 70.8 Å². The SMILES string of the molecule is CCC(NC(=O)CC1CSC(c2cc3cc(Cl)cc(NC4CCCC4)c3[nH]2)=N1)N1CCOCC1. The maximum atomic E-state index is 12.8. The number of thioether (sulfide) groups is 1. The van der Waals surface area contributed by atoms with Gasteiger partial charge in [-0.05, 0) is 37.5 Å². The van der Waals surface area contributed by atoms with Gasteiger partial charge in [-0.2, -0.15) is 0 Å². The van der Waals surface area contributed by atoms with Crippen LogP contribution in [0, 0.1) is 0 Å². The molecule has 3 N–H and O–H groups in total. The van der Waals surface area contributed by atoms with Crippen LogP contribution in [0.25, 0.3) is 10.9 Å². The number of halogens is 1. The third kappa shape index (κ3) is 5.56. The Labute approximate surface area is 210 Å². The molecule has 2 fully saturated rings. The van der Waals surface area contributed by atoms with Gasteiger partial charge < -0.3 is 20.4 Å². The third-order valence-corrected chi connectivity index (χ3v) is 8.34. The fraction of sp³-hybridized carbons (Fsp3) is 0.600. The van der Waals surface area contributed by atoms with Gasteiger partial charge in [0.2, 0.25) is 5.91 Å². The van der Waals surface area contributed by atoms with Crippen molar-refractivity contribution >= 4 is 50.9 Å². The van der Waals surface area contributed by atoms with Crippen molar-refractivity contribution in [1.29, 1.82) is 0 Å². The molecule has 1 aromatic carbocycles. The van der Waals surface area contributed by atoms with Crippen molar-refractivity contribution < 1.29 is 9.53 Å². The summed E-state index contributed by atoms with van der Waals surface area (Å²) >= 11 is 8.14. The zero-order valence-electron chi connectivity index (χ0n) is 19.7. The summed E-state index contributed by atoms with van der Waals surface area (Å²) < 4.78 is 5.44. The third-order valence-electron chi connectivity index (χ3n) is 6.97. The number of fused-ring (bicyclic) bond motifs is 1. The summed E-state index contributed by atoms with van der Waals surface area (Å²) in [5.41, 5.74) is 3.14. The van der Waals surface area contributed by atoms with Gasteiger partial charge in [0, 0.05) is 41.7 Å². The van der Waals surface area contributed by atoms with Gasteiger partial charge in [-0.15, -0.1) is 11.8 Å². The number of morpholine rings is 1. The molecular weight excluding hydrogens is 470 g/mol. The zero-order valence-corrected chi connectivity index (χ0v) is 21.3. The molecule has 0 spiro atoms. The Morgan fingerprint density at radius 1 is 1.29 bits per heavy atom. The van der Waals surface area contributed by atoms with Gasteiger partial charge in [-0.3, -0.25) is 14.7 Å². The molecule has 2 aromatic rings. The summed E-state index contributed by atoms with van der Waals surface area (Å²) in [6.07, 6.45) is 6.34. The van der Waals surface area contributed by atoms with Gasteiger partial charge in [0.15, 0.2) is 0 Å². The van der Waals surface area contributed by atoms with Crippen LogP contribution in [0.3, 0.4) is 0 Å². The fourth-order valence-corrected chi connectivity index (χ4v) is 6.45. The molecule has 0 radical (unpaired) electrons. The van der Waals surface area contributed by atoms with E-state index in [1.54, 1.807) is 11.8 Å². The molecule has 5 rings (SSSR count). The second-order valence-corrected chi connectivity index (χ2v) is 10.9. The number of aliphatic imine (C=N–C) groups is 1. The number of hydrogen-bond acceptors (Lipinski definition) is 6. The zero-order chi connectivity index (χ0) is 23.5. The first-order valence-electron chi connectivity index (χ1n) is 12.5. The molecule has 184 valence electrons. The van der Waals surface area contributed by atoms with Crippen molar-refractivity contribution in [3.8, 4) is 0 Å². The van der Waals surface area contributed by atoms with E-state index in [1.807, 2.05) is 12.1 Å². The monoisotopic (exact) mass is 503 g/mol. The highest BCUT2D eigenvalue weighted by Crippen LogP contribution is 2.33. The van der Waals surface area contributed by atoms with Gasteiger partial charge in [0.1, 0.15) is 5.04 Å². The molecule has 34 heavy (non-hydrogen) atoms. The van der Waals surface area contributed by atoms with Gasteiger partial charge in [-0.25, -0.2) is 0 Å². The van der Waals surface area contributed by atoms with Crippen LogP contribution in [0.2, 0.25) is 5.02 Å². The van der Waals surface area contributed by atoms with E-state index < -0.39 is 0 Å². The normalized spacial score (nSPS) is 22.8. The van der Waals surface area contributed by atoms with Crippen LogP contribution in [0.15, 0.2) is 23.2 Å². The lowest BCUT2D eigenvalue weighted by atomic mass is 10.2. The van der Waals surface area contributed by atoms with Crippen LogP contribution in [0.4, 0.5) is 5.69 Å². The van der Waals surface area contributed by atoms with Crippen LogP contribution in [-0.4, -0.2) is 71.1 Å². The predicted octanol–water partition coefficient (Wildman–Crippen LogP) is 4.61. The first kappa shape index (κ1) is 24.0. The molecule has 7 nitrogen and oxygen atoms in total. The van der Waals surface area contributed by atoms with E-state index in [0.29, 0.717) is 12.5 Å². The number of carbonyl (C=O) groups excluding carboxylic acids is 1. The highest BCUT2D eigenvalue weighted by atomic mass is 35.5. The van der Waals surface area contributed by atoms with Crippen molar-refractivity contribution in [3.05, 3.63) is 28.9 Å². The summed E-state index contributed by atoms with van der Waals surface area (Å²) in [5.74, 6) is 0.890. The summed E-state index contributed by atoms with van der Waals surface area (Å²) in [6, 6.07) is 6.64. The Morgan fingerprint density at radius 3 is 2.85 bits per heavy atom. The molecule has 0 bridgehead atoms. The summed E-state index contributed by atoms with van der Waals surface area (Å²) in [4.78, 5) is 23.5. The molecule has 9 heteroatoms. The Bertz CT molecular complexity index is 1050. The molecule has 2 aliphatic heterocycles. The second kappa shape index (κ2) is 10.9. The standard InChI is InChI=1S/C25H34ClN5O2S/c1-2-22(31-7-9-33-10-8-31)30-23(32)14-19-15-34-25(28-19)21-12-16-11-17(26)13-20(24(16)29-21)27-18-5-3-4-6-18/h11-13,18-19,22,27,29H,2-10,14-15H2,1H3,(H,30,32). The maximum Gasteiger partial charge on any atom is 0.223 e. The number of rotatable bonds is 8. The summed E-state index contributed by atoms with van der Waals surface area (Å²) in [5, 5.41) is 9.69. The van der Waals surface area contributed by atoms with Crippen molar-refractivity contribution in [1.82, 2.24) is 15.2 Å². The summed E-state index contributed by atoms with van der Waals surface area (Å²) in [6.45, 7) is 5.30. The van der Waals surface area contributed by atoms with E-state index in [-0.39, 0.29) is 18.1 Å². The fourth-order valence-electron chi connectivity index (χ4n) is 5.19. The van der Waals surface area contributed by atoms with Crippen LogP contribution >= 0.6 is 23.4 Å². The molecule has 1 saturated carbocycles. The highest BCUT2D eigenvalue weighted by Gasteiger charge is 2.26. The van der Waals surface area contributed by atoms with Crippen LogP contribution < -0.4 is 10.6 Å². The Morgan fingerprint density at radius 2 is 2.09 bits per heavy atom. The minimum atomic E-state index is -0.00622. The second-order valence-electron chi connectivity index (χ2n) is 9.47. The van der Waals surface area contributed by atoms with Crippen molar-refractivity contribution in [2.45, 2.75) is 63.7 Å². The topological polar surface area (TPSA) is 81.8 Å². The summed E-state index contributed by atoms with van der Waals surface area (Å²) in [7, 11) is 0. The number of hydrogen-bond donors (Lipinski definition) is 3. The number of ether oxygens (including phenoxy) is 1. The molecule has 3 aliphatic rings. The van der Waals surface area contributed by atoms with Gasteiger partial charge in [0.05, 0.1) is 42.3 Å². The van der Waals surface area contributed by atoms with Gasteiger partial charge in [0.25, 0.3) is 0 Å². The van der Waals surface area contributed by atoms with Crippen molar-refractivity contribution in [2.75, 3.05) is 37.4 Å². The van der Waals surface area contributed by atoms with E-state index in [2.05, 4.69) is 33.5 Å². The van der Waals surface area contributed by atoms with E-state index in [1.165, 1.54) is 25.7 Å². The largest absolute Gasteiger partial charge is 0.381 e. The Hall–Kier alpha value is -1.74. The highest BCUT2D eigenvalue weighted by molar-refractivity contribution is 8.14. The van der Waals surface area contributed by atoms with Gasteiger partial charge in [-0.1, -0.05) is 31.4 Å². The number of anilines is 1. The lowest BCUT2D eigenvalue weighted by molar-refractivity contribution is -0.124. The number of benzene rings is 1. The van der Waals surface area contributed by atoms with E-state index in [4.69, 9.17) is 21.3 Å². The van der Waals surface area contributed by atoms with E-state index in [9.17, 15) is 4.79 Å². The molecule has 2 unspecified atom stereocenters. The first-order valence-corrected chi connectivity index (χ1v) is 13.9. The predicted molar refractivity (Wildman–Crippen MR) is 141 cm³/mol. The molecule has 3 heterocycles. The minimum Gasteiger partial charge on any atom is -0.381 e. The lowest BCUT2D eigenvalue weighted by Crippen LogP contribution is -2.52. The smallest absolute Gasteiger partial charge is 0.223 e. The molecule has 1 aromatic heterocycles. The Kier molecular flexibility index (Phi) is 7.68. The van der Waals surface area contributed by atoms with E-state index >= 15 is 0 Å². The number of H-pyrrole nitrogens is 1. The van der Waals surface area contributed by atoms with Crippen LogP contribution in [-0.2, 0) is 9.53 Å². The first-order chi connectivity index (χ1) is 16.6. The quantitative estimate of drug-likeness (QED) is 0.490. The lowest BCUT2D eigenvalue weighted by Gasteiger charge is -2.34. The maximum absolute atomic E-state index is 12.8. The minimum absolute atomic E-state index is 0.00622. The van der Waals surface area contributed by atoms with Crippen LogP contribution in [0.1, 0.15) is 51.1 Å². The average molecular weight is 504 g/mol. The number of nitrogens with one attached hydrogen (secondary N) is 3.